The standard InChI is InChI=1S/C17H23N5O/c18-12-16(14-20-8-11-22-9-6-19-7-10-22)17(23)21-13-15-4-2-1-3-5-15/h1-5,14,19-20H,6-11,13H2,(H,21,23)/b16-14-. The lowest BCUT2D eigenvalue weighted by Crippen LogP contribution is -2.45. The third-order valence-electron chi connectivity index (χ3n) is 3.69. The summed E-state index contributed by atoms with van der Waals surface area (Å²) in [5.41, 5.74) is 1.10. The van der Waals surface area contributed by atoms with Crippen LogP contribution in [0.15, 0.2) is 42.1 Å². The van der Waals surface area contributed by atoms with Crippen LogP contribution in [0, 0.1) is 11.3 Å². The number of hydrogen-bond acceptors (Lipinski definition) is 5. The molecule has 0 unspecified atom stereocenters. The van der Waals surface area contributed by atoms with Gasteiger partial charge in [-0.2, -0.15) is 5.26 Å². The molecule has 122 valence electrons. The van der Waals surface area contributed by atoms with Crippen LogP contribution in [0.25, 0.3) is 0 Å². The van der Waals surface area contributed by atoms with Gasteiger partial charge in [0, 0.05) is 52.0 Å². The summed E-state index contributed by atoms with van der Waals surface area (Å²) in [6, 6.07) is 11.6. The van der Waals surface area contributed by atoms with Crippen molar-refractivity contribution in [3.63, 3.8) is 0 Å². The number of amides is 1. The number of rotatable bonds is 7. The molecule has 1 aliphatic heterocycles. The van der Waals surface area contributed by atoms with Crippen LogP contribution in [0.2, 0.25) is 0 Å². The lowest BCUT2D eigenvalue weighted by atomic mass is 10.2. The maximum atomic E-state index is 12.0. The Kier molecular flexibility index (Phi) is 7.11. The number of nitrogens with zero attached hydrogens (tertiary/aromatic N) is 2. The molecule has 6 nitrogen and oxygen atoms in total. The second-order valence-corrected chi connectivity index (χ2v) is 5.38. The molecular weight excluding hydrogens is 290 g/mol. The van der Waals surface area contributed by atoms with Crippen molar-refractivity contribution in [2.75, 3.05) is 39.3 Å². The van der Waals surface area contributed by atoms with E-state index >= 15 is 0 Å². The molecule has 0 spiro atoms. The number of piperazine rings is 1. The Morgan fingerprint density at radius 1 is 1.30 bits per heavy atom. The molecule has 0 radical (unpaired) electrons. The van der Waals surface area contributed by atoms with Gasteiger partial charge in [0.1, 0.15) is 11.6 Å². The number of hydrogen-bond donors (Lipinski definition) is 3. The Bertz CT molecular complexity index is 558. The first kappa shape index (κ1) is 17.0. The lowest BCUT2D eigenvalue weighted by Gasteiger charge is -2.26. The van der Waals surface area contributed by atoms with E-state index < -0.39 is 0 Å². The molecule has 2 rings (SSSR count). The zero-order valence-corrected chi connectivity index (χ0v) is 13.2. The van der Waals surface area contributed by atoms with Crippen LogP contribution in [0.1, 0.15) is 5.56 Å². The molecule has 1 amide bonds. The first-order valence-corrected chi connectivity index (χ1v) is 7.88. The average Bonchev–Trinajstić information content (AvgIpc) is 2.61. The normalized spacial score (nSPS) is 15.7. The molecule has 0 bridgehead atoms. The van der Waals surface area contributed by atoms with E-state index in [4.69, 9.17) is 5.26 Å². The summed E-state index contributed by atoms with van der Waals surface area (Å²) in [5, 5.41) is 18.2. The number of carbonyl (C=O) groups is 1. The first-order chi connectivity index (χ1) is 11.3. The van der Waals surface area contributed by atoms with E-state index in [0.29, 0.717) is 6.54 Å². The molecule has 1 aliphatic rings. The van der Waals surface area contributed by atoms with E-state index in [1.54, 1.807) is 0 Å². The fourth-order valence-corrected chi connectivity index (χ4v) is 2.35. The van der Waals surface area contributed by atoms with Gasteiger partial charge in [-0.15, -0.1) is 0 Å². The SMILES string of the molecule is N#C/C(=C/NCCN1CCNCC1)C(=O)NCc1ccccc1. The minimum Gasteiger partial charge on any atom is -0.388 e. The van der Waals surface area contributed by atoms with Crippen LogP contribution in [0.4, 0.5) is 0 Å². The van der Waals surface area contributed by atoms with Gasteiger partial charge in [0.2, 0.25) is 0 Å². The summed E-state index contributed by atoms with van der Waals surface area (Å²) in [6.07, 6.45) is 1.50. The van der Waals surface area contributed by atoms with Gasteiger partial charge >= 0.3 is 0 Å². The first-order valence-electron chi connectivity index (χ1n) is 7.88. The van der Waals surface area contributed by atoms with Gasteiger partial charge in [0.05, 0.1) is 0 Å². The molecular formula is C17H23N5O. The molecule has 1 aromatic carbocycles. The van der Waals surface area contributed by atoms with Gasteiger partial charge in [-0.1, -0.05) is 30.3 Å². The highest BCUT2D eigenvalue weighted by atomic mass is 16.1. The van der Waals surface area contributed by atoms with Crippen molar-refractivity contribution < 1.29 is 4.79 Å². The zero-order valence-electron chi connectivity index (χ0n) is 13.2. The van der Waals surface area contributed by atoms with Gasteiger partial charge in [0.15, 0.2) is 0 Å². The predicted octanol–water partition coefficient (Wildman–Crippen LogP) is 0.205. The molecule has 6 heteroatoms. The third kappa shape index (κ3) is 6.10. The highest BCUT2D eigenvalue weighted by Crippen LogP contribution is 1.99. The van der Waals surface area contributed by atoms with Crippen LogP contribution in [-0.2, 0) is 11.3 Å². The van der Waals surface area contributed by atoms with Gasteiger partial charge in [-0.3, -0.25) is 9.69 Å². The molecule has 1 fully saturated rings. The predicted molar refractivity (Wildman–Crippen MR) is 89.3 cm³/mol. The molecule has 0 aromatic heterocycles. The van der Waals surface area contributed by atoms with Crippen molar-refractivity contribution in [3.8, 4) is 6.07 Å². The summed E-state index contributed by atoms with van der Waals surface area (Å²) in [6.45, 7) is 6.14. The second kappa shape index (κ2) is 9.62. The van der Waals surface area contributed by atoms with Crippen LogP contribution in [-0.4, -0.2) is 50.1 Å². The maximum Gasteiger partial charge on any atom is 0.263 e. The van der Waals surface area contributed by atoms with E-state index in [1.807, 2.05) is 36.4 Å². The molecule has 23 heavy (non-hydrogen) atoms. The third-order valence-corrected chi connectivity index (χ3v) is 3.69. The smallest absolute Gasteiger partial charge is 0.263 e. The van der Waals surface area contributed by atoms with Gasteiger partial charge in [-0.05, 0) is 5.56 Å². The number of nitriles is 1. The molecule has 1 aromatic rings. The van der Waals surface area contributed by atoms with E-state index in [9.17, 15) is 4.79 Å². The largest absolute Gasteiger partial charge is 0.388 e. The summed E-state index contributed by atoms with van der Waals surface area (Å²) in [7, 11) is 0. The molecule has 0 atom stereocenters. The van der Waals surface area contributed by atoms with Gasteiger partial charge < -0.3 is 16.0 Å². The van der Waals surface area contributed by atoms with E-state index in [2.05, 4.69) is 20.9 Å². The highest BCUT2D eigenvalue weighted by Gasteiger charge is 2.10. The van der Waals surface area contributed by atoms with Crippen molar-refractivity contribution in [2.24, 2.45) is 0 Å². The number of carbonyl (C=O) groups excluding carboxylic acids is 1. The van der Waals surface area contributed by atoms with Crippen molar-refractivity contribution in [1.82, 2.24) is 20.9 Å². The molecule has 1 heterocycles. The second-order valence-electron chi connectivity index (χ2n) is 5.38. The Morgan fingerprint density at radius 2 is 2.04 bits per heavy atom. The van der Waals surface area contributed by atoms with E-state index in [1.165, 1.54) is 6.20 Å². The lowest BCUT2D eigenvalue weighted by molar-refractivity contribution is -0.117. The fraction of sp³-hybridized carbons (Fsp3) is 0.412. The van der Waals surface area contributed by atoms with Crippen molar-refractivity contribution in [1.29, 1.82) is 5.26 Å². The monoisotopic (exact) mass is 313 g/mol. The quantitative estimate of drug-likeness (QED) is 0.381. The number of nitrogens with one attached hydrogen (secondary N) is 3. The molecule has 0 aliphatic carbocycles. The minimum absolute atomic E-state index is 0.0984. The Morgan fingerprint density at radius 3 is 2.74 bits per heavy atom. The molecule has 1 saturated heterocycles. The van der Waals surface area contributed by atoms with Crippen LogP contribution in [0.3, 0.4) is 0 Å². The summed E-state index contributed by atoms with van der Waals surface area (Å²) >= 11 is 0. The van der Waals surface area contributed by atoms with Crippen LogP contribution in [0.5, 0.6) is 0 Å². The Labute approximate surface area is 137 Å². The fourth-order valence-electron chi connectivity index (χ4n) is 2.35. The van der Waals surface area contributed by atoms with Gasteiger partial charge in [0.25, 0.3) is 5.91 Å². The molecule has 0 saturated carbocycles. The summed E-state index contributed by atoms with van der Waals surface area (Å²) in [4.78, 5) is 14.3. The Hall–Kier alpha value is -2.36. The van der Waals surface area contributed by atoms with Crippen LogP contribution >= 0.6 is 0 Å². The van der Waals surface area contributed by atoms with E-state index in [-0.39, 0.29) is 11.5 Å². The number of benzene rings is 1. The summed E-state index contributed by atoms with van der Waals surface area (Å²) < 4.78 is 0. The van der Waals surface area contributed by atoms with Crippen molar-refractivity contribution in [2.45, 2.75) is 6.54 Å². The highest BCUT2D eigenvalue weighted by molar-refractivity contribution is 5.97. The topological polar surface area (TPSA) is 80.2 Å². The average molecular weight is 313 g/mol. The van der Waals surface area contributed by atoms with Crippen LogP contribution < -0.4 is 16.0 Å². The summed E-state index contributed by atoms with van der Waals surface area (Å²) in [5.74, 6) is -0.356. The van der Waals surface area contributed by atoms with Gasteiger partial charge in [-0.25, -0.2) is 0 Å². The minimum atomic E-state index is -0.356. The zero-order chi connectivity index (χ0) is 16.3. The Balaban J connectivity index is 1.72. The van der Waals surface area contributed by atoms with Crippen molar-refractivity contribution in [3.05, 3.63) is 47.7 Å². The van der Waals surface area contributed by atoms with E-state index in [0.717, 1.165) is 44.8 Å². The maximum absolute atomic E-state index is 12.0. The molecule has 3 N–H and O–H groups in total. The van der Waals surface area contributed by atoms with Crippen molar-refractivity contribution >= 4 is 5.91 Å².